The van der Waals surface area contributed by atoms with Crippen LogP contribution in [0.25, 0.3) is 0 Å². The van der Waals surface area contributed by atoms with E-state index in [4.69, 9.17) is 0 Å². The number of aryl methyl sites for hydroxylation is 1. The van der Waals surface area contributed by atoms with E-state index in [1.54, 1.807) is 28.4 Å². The Bertz CT molecular complexity index is 706. The van der Waals surface area contributed by atoms with E-state index in [9.17, 15) is 4.79 Å². The number of carbonyl (C=O) groups is 1. The largest absolute Gasteiger partial charge is 0.345 e. The van der Waals surface area contributed by atoms with E-state index in [0.717, 1.165) is 31.2 Å². The maximum absolute atomic E-state index is 12.5. The zero-order valence-electron chi connectivity index (χ0n) is 13.2. The minimum Gasteiger partial charge on any atom is -0.345 e. The lowest BCUT2D eigenvalue weighted by Gasteiger charge is -2.20. The van der Waals surface area contributed by atoms with Crippen LogP contribution in [0, 0.1) is 0 Å². The van der Waals surface area contributed by atoms with Crippen LogP contribution in [0.1, 0.15) is 40.5 Å². The molecular weight excluding hydrogens is 312 g/mol. The van der Waals surface area contributed by atoms with Gasteiger partial charge < -0.3 is 9.80 Å². The Balaban J connectivity index is 1.41. The zero-order chi connectivity index (χ0) is 15.8. The van der Waals surface area contributed by atoms with Gasteiger partial charge in [0.25, 0.3) is 5.91 Å². The summed E-state index contributed by atoms with van der Waals surface area (Å²) >= 11 is 1.72. The van der Waals surface area contributed by atoms with E-state index >= 15 is 0 Å². The van der Waals surface area contributed by atoms with Crippen molar-refractivity contribution < 1.29 is 4.79 Å². The molecule has 23 heavy (non-hydrogen) atoms. The van der Waals surface area contributed by atoms with Gasteiger partial charge in [-0.25, -0.2) is 0 Å². The SMILES string of the molecule is Cn1cc(C(=O)N2CCCN(c3nnc(C4CC4)s3)CC2)cn1. The summed E-state index contributed by atoms with van der Waals surface area (Å²) in [4.78, 5) is 16.7. The van der Waals surface area contributed by atoms with Crippen LogP contribution >= 0.6 is 11.3 Å². The highest BCUT2D eigenvalue weighted by molar-refractivity contribution is 7.15. The maximum atomic E-state index is 12.5. The molecule has 0 bridgehead atoms. The number of nitrogens with zero attached hydrogens (tertiary/aromatic N) is 6. The van der Waals surface area contributed by atoms with Crippen LogP contribution in [0.15, 0.2) is 12.4 Å². The molecule has 2 aromatic rings. The molecule has 2 aromatic heterocycles. The lowest BCUT2D eigenvalue weighted by molar-refractivity contribution is 0.0767. The number of hydrogen-bond donors (Lipinski definition) is 0. The second-order valence-electron chi connectivity index (χ2n) is 6.23. The van der Waals surface area contributed by atoms with Crippen LogP contribution in [0.2, 0.25) is 0 Å². The van der Waals surface area contributed by atoms with Crippen molar-refractivity contribution in [1.82, 2.24) is 24.9 Å². The minimum absolute atomic E-state index is 0.0656. The third-order valence-electron chi connectivity index (χ3n) is 4.36. The summed E-state index contributed by atoms with van der Waals surface area (Å²) in [6.07, 6.45) is 6.86. The van der Waals surface area contributed by atoms with Gasteiger partial charge in [-0.15, -0.1) is 10.2 Å². The highest BCUT2D eigenvalue weighted by Gasteiger charge is 2.29. The fourth-order valence-corrected chi connectivity index (χ4v) is 3.94. The molecule has 0 radical (unpaired) electrons. The van der Waals surface area contributed by atoms with Gasteiger partial charge in [0, 0.05) is 45.3 Å². The van der Waals surface area contributed by atoms with Crippen LogP contribution in [-0.4, -0.2) is 57.0 Å². The smallest absolute Gasteiger partial charge is 0.257 e. The Morgan fingerprint density at radius 1 is 1.22 bits per heavy atom. The van der Waals surface area contributed by atoms with E-state index in [0.29, 0.717) is 18.0 Å². The predicted octanol–water partition coefficient (Wildman–Crippen LogP) is 1.50. The second-order valence-corrected chi connectivity index (χ2v) is 7.22. The summed E-state index contributed by atoms with van der Waals surface area (Å²) in [7, 11) is 1.83. The van der Waals surface area contributed by atoms with Crippen LogP contribution < -0.4 is 4.90 Å². The average molecular weight is 332 g/mol. The summed E-state index contributed by atoms with van der Waals surface area (Å²) in [5.41, 5.74) is 0.660. The Labute approximate surface area is 138 Å². The highest BCUT2D eigenvalue weighted by atomic mass is 32.1. The molecule has 1 saturated heterocycles. The molecule has 1 saturated carbocycles. The molecule has 0 unspecified atom stereocenters. The normalized spacial score (nSPS) is 19.0. The molecule has 2 fully saturated rings. The fraction of sp³-hybridized carbons (Fsp3) is 0.600. The molecule has 8 heteroatoms. The van der Waals surface area contributed by atoms with E-state index in [1.165, 1.54) is 17.8 Å². The van der Waals surface area contributed by atoms with Crippen molar-refractivity contribution in [3.05, 3.63) is 23.0 Å². The Kier molecular flexibility index (Phi) is 3.76. The molecule has 0 spiro atoms. The summed E-state index contributed by atoms with van der Waals surface area (Å²) in [6.45, 7) is 3.23. The molecule has 0 aromatic carbocycles. The molecule has 1 aliphatic carbocycles. The Morgan fingerprint density at radius 3 is 2.83 bits per heavy atom. The Morgan fingerprint density at radius 2 is 2.09 bits per heavy atom. The molecule has 1 aliphatic heterocycles. The number of anilines is 1. The van der Waals surface area contributed by atoms with Gasteiger partial charge in [-0.2, -0.15) is 5.10 Å². The van der Waals surface area contributed by atoms with Gasteiger partial charge in [0.1, 0.15) is 5.01 Å². The average Bonchev–Trinajstić information content (AvgIpc) is 3.22. The standard InChI is InChI=1S/C15H20N6OS/c1-19-10-12(9-16-19)14(22)20-5-2-6-21(8-7-20)15-18-17-13(23-15)11-3-4-11/h9-11H,2-8H2,1H3. The third-order valence-corrected chi connectivity index (χ3v) is 5.51. The first-order valence-electron chi connectivity index (χ1n) is 8.07. The lowest BCUT2D eigenvalue weighted by Crippen LogP contribution is -2.35. The number of carbonyl (C=O) groups excluding carboxylic acids is 1. The first-order chi connectivity index (χ1) is 11.2. The molecule has 0 atom stereocenters. The van der Waals surface area contributed by atoms with Crippen molar-refractivity contribution in [1.29, 1.82) is 0 Å². The van der Waals surface area contributed by atoms with Crippen molar-refractivity contribution in [3.63, 3.8) is 0 Å². The van der Waals surface area contributed by atoms with Crippen molar-refractivity contribution >= 4 is 22.4 Å². The maximum Gasteiger partial charge on any atom is 0.257 e. The summed E-state index contributed by atoms with van der Waals surface area (Å²) in [6, 6.07) is 0. The highest BCUT2D eigenvalue weighted by Crippen LogP contribution is 2.42. The molecule has 0 N–H and O–H groups in total. The molecular formula is C15H20N6OS. The fourth-order valence-electron chi connectivity index (χ4n) is 2.88. The molecule has 4 rings (SSSR count). The van der Waals surface area contributed by atoms with Gasteiger partial charge in [-0.1, -0.05) is 11.3 Å². The van der Waals surface area contributed by atoms with Crippen molar-refractivity contribution in [2.24, 2.45) is 7.05 Å². The monoisotopic (exact) mass is 332 g/mol. The third kappa shape index (κ3) is 3.08. The first-order valence-corrected chi connectivity index (χ1v) is 8.88. The van der Waals surface area contributed by atoms with E-state index < -0.39 is 0 Å². The molecule has 3 heterocycles. The van der Waals surface area contributed by atoms with Crippen molar-refractivity contribution in [3.8, 4) is 0 Å². The molecule has 7 nitrogen and oxygen atoms in total. The summed E-state index contributed by atoms with van der Waals surface area (Å²) in [5.74, 6) is 0.716. The van der Waals surface area contributed by atoms with E-state index in [2.05, 4.69) is 20.2 Å². The number of rotatable bonds is 3. The molecule has 2 aliphatic rings. The van der Waals surface area contributed by atoms with E-state index in [1.807, 2.05) is 11.9 Å². The number of amides is 1. The topological polar surface area (TPSA) is 67.2 Å². The zero-order valence-corrected chi connectivity index (χ0v) is 14.0. The molecule has 1 amide bonds. The predicted molar refractivity (Wildman–Crippen MR) is 87.8 cm³/mol. The van der Waals surface area contributed by atoms with Crippen LogP contribution in [-0.2, 0) is 7.05 Å². The van der Waals surface area contributed by atoms with Gasteiger partial charge in [0.2, 0.25) is 5.13 Å². The van der Waals surface area contributed by atoms with Crippen molar-refractivity contribution in [2.45, 2.75) is 25.2 Å². The molecule has 122 valence electrons. The van der Waals surface area contributed by atoms with Gasteiger partial charge in [0.05, 0.1) is 11.8 Å². The lowest BCUT2D eigenvalue weighted by atomic mass is 10.3. The minimum atomic E-state index is 0.0656. The Hall–Kier alpha value is -1.96. The van der Waals surface area contributed by atoms with Crippen LogP contribution in [0.4, 0.5) is 5.13 Å². The summed E-state index contributed by atoms with van der Waals surface area (Å²) < 4.78 is 1.66. The van der Waals surface area contributed by atoms with E-state index in [-0.39, 0.29) is 5.91 Å². The second kappa shape index (κ2) is 5.92. The quantitative estimate of drug-likeness (QED) is 0.852. The van der Waals surface area contributed by atoms with Gasteiger partial charge in [-0.05, 0) is 19.3 Å². The van der Waals surface area contributed by atoms with Crippen LogP contribution in [0.5, 0.6) is 0 Å². The first kappa shape index (κ1) is 14.6. The number of aromatic nitrogens is 4. The summed E-state index contributed by atoms with van der Waals surface area (Å²) in [5, 5.41) is 14.9. The van der Waals surface area contributed by atoms with Crippen molar-refractivity contribution in [2.75, 3.05) is 31.1 Å². The van der Waals surface area contributed by atoms with Gasteiger partial charge >= 0.3 is 0 Å². The van der Waals surface area contributed by atoms with Crippen LogP contribution in [0.3, 0.4) is 0 Å². The van der Waals surface area contributed by atoms with Gasteiger partial charge in [-0.3, -0.25) is 9.48 Å². The number of hydrogen-bond acceptors (Lipinski definition) is 6. The van der Waals surface area contributed by atoms with Gasteiger partial charge in [0.15, 0.2) is 0 Å².